The van der Waals surface area contributed by atoms with Crippen molar-refractivity contribution in [2.75, 3.05) is 6.54 Å². The largest absolute Gasteiger partial charge is 1.00 e. The van der Waals surface area contributed by atoms with Gasteiger partial charge in [0, 0.05) is 24.3 Å². The van der Waals surface area contributed by atoms with E-state index in [0.29, 0.717) is 5.56 Å². The first-order valence-electron chi connectivity index (χ1n) is 6.91. The van der Waals surface area contributed by atoms with Crippen LogP contribution in [0.2, 0.25) is 0 Å². The number of carboxylic acid groups (broad SMARTS) is 1. The quantitative estimate of drug-likeness (QED) is 0.550. The molecule has 0 saturated heterocycles. The fourth-order valence-corrected chi connectivity index (χ4v) is 2.00. The standard InChI is InChI=1S/C15H17FN4O3.K/c1-10-12(7-18-19-10)6-17-15(23)20(9-14(21)22)8-11-2-4-13(16)5-3-11;/h2-5,7H,6,8-9H2,1H3,(H,17,23)(H,18,19)(H,21,22);/q;+1/p-1. The van der Waals surface area contributed by atoms with Gasteiger partial charge in [-0.2, -0.15) is 5.10 Å². The molecule has 2 amide bonds. The number of rotatable bonds is 6. The van der Waals surface area contributed by atoms with E-state index in [2.05, 4.69) is 15.5 Å². The van der Waals surface area contributed by atoms with Crippen LogP contribution in [0, 0.1) is 12.7 Å². The third-order valence-electron chi connectivity index (χ3n) is 3.26. The summed E-state index contributed by atoms with van der Waals surface area (Å²) in [4.78, 5) is 24.1. The number of aromatic nitrogens is 2. The third-order valence-corrected chi connectivity index (χ3v) is 3.26. The summed E-state index contributed by atoms with van der Waals surface area (Å²) in [5, 5.41) is 20.0. The van der Waals surface area contributed by atoms with Gasteiger partial charge < -0.3 is 20.1 Å². The van der Waals surface area contributed by atoms with E-state index in [1.165, 1.54) is 24.3 Å². The second kappa shape index (κ2) is 9.89. The molecule has 0 aliphatic heterocycles. The third kappa shape index (κ3) is 6.32. The molecule has 2 N–H and O–H groups in total. The summed E-state index contributed by atoms with van der Waals surface area (Å²) >= 11 is 0. The van der Waals surface area contributed by atoms with Gasteiger partial charge in [0.25, 0.3) is 0 Å². The molecule has 1 aromatic heterocycles. The minimum absolute atomic E-state index is 0. The number of H-pyrrole nitrogens is 1. The van der Waals surface area contributed by atoms with E-state index in [9.17, 15) is 19.1 Å². The van der Waals surface area contributed by atoms with Gasteiger partial charge in [-0.25, -0.2) is 9.18 Å². The fraction of sp³-hybridized carbons (Fsp3) is 0.267. The summed E-state index contributed by atoms with van der Waals surface area (Å²) in [7, 11) is 0. The Balaban J connectivity index is 0.00000288. The number of hydrogen-bond donors (Lipinski definition) is 2. The van der Waals surface area contributed by atoms with E-state index in [1.807, 2.05) is 6.92 Å². The Bertz CT molecular complexity index is 690. The molecule has 9 heteroatoms. The number of carboxylic acids is 1. The zero-order valence-electron chi connectivity index (χ0n) is 13.5. The maximum Gasteiger partial charge on any atom is 1.00 e. The molecule has 1 aromatic carbocycles. The van der Waals surface area contributed by atoms with E-state index in [1.54, 1.807) is 6.20 Å². The summed E-state index contributed by atoms with van der Waals surface area (Å²) in [5.74, 6) is -1.78. The normalized spacial score (nSPS) is 9.92. The molecule has 24 heavy (non-hydrogen) atoms. The van der Waals surface area contributed by atoms with Crippen molar-refractivity contribution in [2.24, 2.45) is 0 Å². The molecular weight excluding hydrogens is 342 g/mol. The maximum atomic E-state index is 12.9. The molecule has 0 unspecified atom stereocenters. The van der Waals surface area contributed by atoms with Gasteiger partial charge in [-0.1, -0.05) is 12.1 Å². The smallest absolute Gasteiger partial charge is 0.548 e. The van der Waals surface area contributed by atoms with Crippen molar-refractivity contribution < 1.29 is 70.5 Å². The van der Waals surface area contributed by atoms with Gasteiger partial charge in [-0.15, -0.1) is 0 Å². The predicted molar refractivity (Wildman–Crippen MR) is 77.4 cm³/mol. The van der Waals surface area contributed by atoms with Crippen LogP contribution in [0.3, 0.4) is 0 Å². The summed E-state index contributed by atoms with van der Waals surface area (Å²) < 4.78 is 12.9. The van der Waals surface area contributed by atoms with Gasteiger partial charge in [-0.05, 0) is 24.6 Å². The number of benzene rings is 1. The van der Waals surface area contributed by atoms with Crippen molar-refractivity contribution in [3.05, 3.63) is 53.1 Å². The first-order valence-corrected chi connectivity index (χ1v) is 6.91. The van der Waals surface area contributed by atoms with E-state index < -0.39 is 24.4 Å². The number of urea groups is 1. The summed E-state index contributed by atoms with van der Waals surface area (Å²) in [6, 6.07) is 4.92. The molecule has 0 saturated carbocycles. The van der Waals surface area contributed by atoms with Gasteiger partial charge in [-0.3, -0.25) is 5.10 Å². The van der Waals surface area contributed by atoms with Crippen LogP contribution in [-0.2, 0) is 17.9 Å². The van der Waals surface area contributed by atoms with Gasteiger partial charge in [0.2, 0.25) is 0 Å². The van der Waals surface area contributed by atoms with Crippen LogP contribution in [0.5, 0.6) is 0 Å². The Kier molecular flexibility index (Phi) is 8.57. The molecule has 0 atom stereocenters. The number of aryl methyl sites for hydroxylation is 1. The number of hydrogen-bond acceptors (Lipinski definition) is 4. The molecule has 2 aromatic rings. The molecule has 0 aliphatic rings. The fourth-order valence-electron chi connectivity index (χ4n) is 2.00. The number of aliphatic carboxylic acids is 1. The average molecular weight is 358 g/mol. The molecule has 7 nitrogen and oxygen atoms in total. The van der Waals surface area contributed by atoms with E-state index in [-0.39, 0.29) is 64.5 Å². The number of halogens is 1. The Labute approximate surface area is 181 Å². The Morgan fingerprint density at radius 3 is 2.54 bits per heavy atom. The van der Waals surface area contributed by atoms with Crippen molar-refractivity contribution in [1.29, 1.82) is 0 Å². The van der Waals surface area contributed by atoms with Crippen LogP contribution < -0.4 is 61.8 Å². The molecule has 122 valence electrons. The van der Waals surface area contributed by atoms with Crippen LogP contribution in [0.1, 0.15) is 16.8 Å². The molecule has 1 heterocycles. The van der Waals surface area contributed by atoms with Gasteiger partial charge >= 0.3 is 57.4 Å². The number of carbonyl (C=O) groups excluding carboxylic acids is 2. The number of amides is 2. The second-order valence-electron chi connectivity index (χ2n) is 5.03. The molecule has 0 spiro atoms. The predicted octanol–water partition coefficient (Wildman–Crippen LogP) is -2.68. The number of aromatic amines is 1. The topological polar surface area (TPSA) is 101 Å². The van der Waals surface area contributed by atoms with E-state index in [4.69, 9.17) is 0 Å². The van der Waals surface area contributed by atoms with Gasteiger partial charge in [0.1, 0.15) is 5.82 Å². The zero-order valence-corrected chi connectivity index (χ0v) is 16.6. The molecule has 0 radical (unpaired) electrons. The molecule has 0 fully saturated rings. The monoisotopic (exact) mass is 358 g/mol. The Hall–Kier alpha value is -1.26. The number of carbonyl (C=O) groups is 2. The molecule has 2 rings (SSSR count). The van der Waals surface area contributed by atoms with Crippen LogP contribution in [-0.4, -0.2) is 33.6 Å². The number of nitrogens with zero attached hydrogens (tertiary/aromatic N) is 2. The Morgan fingerprint density at radius 1 is 1.33 bits per heavy atom. The van der Waals surface area contributed by atoms with Crippen LogP contribution in [0.15, 0.2) is 30.5 Å². The van der Waals surface area contributed by atoms with Gasteiger partial charge in [0.05, 0.1) is 18.7 Å². The van der Waals surface area contributed by atoms with Crippen LogP contribution >= 0.6 is 0 Å². The van der Waals surface area contributed by atoms with Crippen molar-refractivity contribution in [1.82, 2.24) is 20.4 Å². The first kappa shape index (κ1) is 20.8. The average Bonchev–Trinajstić information content (AvgIpc) is 2.91. The van der Waals surface area contributed by atoms with Crippen LogP contribution in [0.4, 0.5) is 9.18 Å². The molecule has 0 bridgehead atoms. The van der Waals surface area contributed by atoms with E-state index in [0.717, 1.165) is 16.2 Å². The van der Waals surface area contributed by atoms with Crippen molar-refractivity contribution in [3.63, 3.8) is 0 Å². The minimum atomic E-state index is -1.37. The minimum Gasteiger partial charge on any atom is -0.548 e. The van der Waals surface area contributed by atoms with Gasteiger partial charge in [0.15, 0.2) is 0 Å². The summed E-state index contributed by atoms with van der Waals surface area (Å²) in [5.41, 5.74) is 2.23. The molecule has 0 aliphatic carbocycles. The summed E-state index contributed by atoms with van der Waals surface area (Å²) in [6.45, 7) is 1.50. The maximum absolute atomic E-state index is 12.9. The zero-order chi connectivity index (χ0) is 16.8. The van der Waals surface area contributed by atoms with E-state index >= 15 is 0 Å². The number of nitrogens with one attached hydrogen (secondary N) is 2. The summed E-state index contributed by atoms with van der Waals surface area (Å²) in [6.07, 6.45) is 1.58. The van der Waals surface area contributed by atoms with Crippen LogP contribution in [0.25, 0.3) is 0 Å². The van der Waals surface area contributed by atoms with Crippen molar-refractivity contribution in [2.45, 2.75) is 20.0 Å². The SMILES string of the molecule is Cc1[nH]ncc1CNC(=O)N(CC(=O)[O-])Cc1ccc(F)cc1.[K+]. The second-order valence-corrected chi connectivity index (χ2v) is 5.03. The molecular formula is C15H16FKN4O3. The Morgan fingerprint density at radius 2 is 2.00 bits per heavy atom. The van der Waals surface area contributed by atoms with Crippen molar-refractivity contribution >= 4 is 12.0 Å². The van der Waals surface area contributed by atoms with Crippen molar-refractivity contribution in [3.8, 4) is 0 Å². The first-order chi connectivity index (χ1) is 11.0.